The second kappa shape index (κ2) is 5.12. The van der Waals surface area contributed by atoms with Gasteiger partial charge >= 0.3 is 0 Å². The van der Waals surface area contributed by atoms with Gasteiger partial charge in [0.15, 0.2) is 0 Å². The first-order chi connectivity index (χ1) is 8.84. The number of para-hydroxylation sites is 1. The number of fused-ring (bicyclic) bond motifs is 1. The monoisotopic (exact) mass is 259 g/mol. The van der Waals surface area contributed by atoms with Crippen molar-refractivity contribution in [3.8, 4) is 5.75 Å². The summed E-state index contributed by atoms with van der Waals surface area (Å²) in [5.74, 6) is 1.52. The number of nitrogens with one attached hydrogen (secondary N) is 1. The molecule has 0 saturated carbocycles. The molecule has 0 radical (unpaired) electrons. The van der Waals surface area contributed by atoms with E-state index in [1.807, 2.05) is 6.07 Å². The molecule has 0 bridgehead atoms. The lowest BCUT2D eigenvalue weighted by molar-refractivity contribution is 0.323. The van der Waals surface area contributed by atoms with Gasteiger partial charge in [-0.25, -0.2) is 0 Å². The summed E-state index contributed by atoms with van der Waals surface area (Å²) in [6.45, 7) is 3.97. The van der Waals surface area contributed by atoms with Gasteiger partial charge in [0.1, 0.15) is 5.75 Å². The third kappa shape index (κ3) is 2.28. The Morgan fingerprint density at radius 3 is 3.11 bits per heavy atom. The van der Waals surface area contributed by atoms with Crippen LogP contribution in [0, 0.1) is 0 Å². The summed E-state index contributed by atoms with van der Waals surface area (Å²) in [5.41, 5.74) is 2.70. The van der Waals surface area contributed by atoms with Gasteiger partial charge in [0.05, 0.1) is 6.61 Å². The molecule has 0 amide bonds. The van der Waals surface area contributed by atoms with Gasteiger partial charge in [-0.3, -0.25) is 0 Å². The van der Waals surface area contributed by atoms with E-state index in [2.05, 4.69) is 47.3 Å². The van der Waals surface area contributed by atoms with Gasteiger partial charge in [-0.2, -0.15) is 11.3 Å². The molecule has 2 unspecified atom stereocenters. The Bertz CT molecular complexity index is 509. The van der Waals surface area contributed by atoms with Crippen molar-refractivity contribution in [2.45, 2.75) is 18.9 Å². The molecule has 1 aromatic heterocycles. The van der Waals surface area contributed by atoms with E-state index >= 15 is 0 Å². The molecule has 3 heteroatoms. The molecule has 2 heterocycles. The molecule has 2 aromatic rings. The van der Waals surface area contributed by atoms with Gasteiger partial charge in [-0.15, -0.1) is 0 Å². The van der Waals surface area contributed by atoms with Crippen LogP contribution in [-0.4, -0.2) is 13.2 Å². The molecular formula is C15H17NOS. The summed E-state index contributed by atoms with van der Waals surface area (Å²) in [4.78, 5) is 0. The van der Waals surface area contributed by atoms with Crippen LogP contribution in [0.5, 0.6) is 5.75 Å². The molecule has 0 aliphatic carbocycles. The minimum atomic E-state index is 0.406. The highest BCUT2D eigenvalue weighted by Gasteiger charge is 2.23. The Morgan fingerprint density at radius 1 is 1.39 bits per heavy atom. The van der Waals surface area contributed by atoms with E-state index in [0.717, 1.165) is 18.9 Å². The zero-order valence-corrected chi connectivity index (χ0v) is 11.2. The highest BCUT2D eigenvalue weighted by molar-refractivity contribution is 7.07. The minimum Gasteiger partial charge on any atom is -0.493 e. The van der Waals surface area contributed by atoms with Gasteiger partial charge in [0, 0.05) is 24.1 Å². The van der Waals surface area contributed by atoms with E-state index in [9.17, 15) is 0 Å². The number of rotatable bonds is 4. The fourth-order valence-electron chi connectivity index (χ4n) is 2.36. The van der Waals surface area contributed by atoms with Gasteiger partial charge in [0.25, 0.3) is 0 Å². The van der Waals surface area contributed by atoms with Crippen LogP contribution < -0.4 is 10.1 Å². The zero-order valence-electron chi connectivity index (χ0n) is 10.4. The maximum atomic E-state index is 5.70. The van der Waals surface area contributed by atoms with Gasteiger partial charge in [-0.1, -0.05) is 18.2 Å². The highest BCUT2D eigenvalue weighted by Crippen LogP contribution is 2.33. The topological polar surface area (TPSA) is 21.3 Å². The van der Waals surface area contributed by atoms with E-state index in [4.69, 9.17) is 4.74 Å². The first-order valence-electron chi connectivity index (χ1n) is 6.32. The molecule has 1 aliphatic rings. The summed E-state index contributed by atoms with van der Waals surface area (Å²) >= 11 is 1.75. The van der Waals surface area contributed by atoms with Gasteiger partial charge in [0.2, 0.25) is 0 Å². The zero-order chi connectivity index (χ0) is 12.4. The lowest BCUT2D eigenvalue weighted by Crippen LogP contribution is -2.25. The van der Waals surface area contributed by atoms with Crippen LogP contribution in [0.1, 0.15) is 30.0 Å². The first-order valence-corrected chi connectivity index (χ1v) is 7.26. The summed E-state index contributed by atoms with van der Waals surface area (Å²) in [5, 5.41) is 7.93. The molecule has 2 atom stereocenters. The van der Waals surface area contributed by atoms with Crippen LogP contribution in [0.25, 0.3) is 0 Å². The maximum Gasteiger partial charge on any atom is 0.122 e. The Hall–Kier alpha value is -1.32. The predicted octanol–water partition coefficient (Wildman–Crippen LogP) is 3.57. The van der Waals surface area contributed by atoms with Crippen molar-refractivity contribution in [3.63, 3.8) is 0 Å². The second-order valence-corrected chi connectivity index (χ2v) is 5.51. The van der Waals surface area contributed by atoms with Crippen LogP contribution >= 0.6 is 11.3 Å². The fourth-order valence-corrected chi connectivity index (χ4v) is 3.11. The van der Waals surface area contributed by atoms with E-state index in [-0.39, 0.29) is 0 Å². The molecule has 3 rings (SSSR count). The average Bonchev–Trinajstić information content (AvgIpc) is 3.06. The molecule has 1 aromatic carbocycles. The van der Waals surface area contributed by atoms with Gasteiger partial charge in [-0.05, 0) is 35.4 Å². The molecule has 2 nitrogen and oxygen atoms in total. The summed E-state index contributed by atoms with van der Waals surface area (Å²) in [7, 11) is 0. The van der Waals surface area contributed by atoms with Crippen LogP contribution in [-0.2, 0) is 0 Å². The van der Waals surface area contributed by atoms with E-state index < -0.39 is 0 Å². The summed E-state index contributed by atoms with van der Waals surface area (Å²) in [6.07, 6.45) is 0. The lowest BCUT2D eigenvalue weighted by Gasteiger charge is -2.15. The van der Waals surface area contributed by atoms with Crippen LogP contribution in [0.4, 0.5) is 0 Å². The molecule has 18 heavy (non-hydrogen) atoms. The molecular weight excluding hydrogens is 242 g/mol. The third-order valence-electron chi connectivity index (χ3n) is 3.51. The smallest absolute Gasteiger partial charge is 0.122 e. The summed E-state index contributed by atoms with van der Waals surface area (Å²) in [6, 6.07) is 10.9. The van der Waals surface area contributed by atoms with Crippen molar-refractivity contribution in [2.75, 3.05) is 13.2 Å². The molecule has 1 aliphatic heterocycles. The maximum absolute atomic E-state index is 5.70. The molecule has 0 spiro atoms. The third-order valence-corrected chi connectivity index (χ3v) is 4.21. The van der Waals surface area contributed by atoms with Crippen molar-refractivity contribution in [1.82, 2.24) is 5.32 Å². The van der Waals surface area contributed by atoms with Gasteiger partial charge < -0.3 is 10.1 Å². The van der Waals surface area contributed by atoms with Crippen molar-refractivity contribution >= 4 is 11.3 Å². The molecule has 0 fully saturated rings. The standard InChI is InChI=1S/C15H17NOS/c1-11(12-6-7-18-10-12)16-8-13-9-17-15-5-3-2-4-14(13)15/h2-7,10-11,13,16H,8-9H2,1H3. The van der Waals surface area contributed by atoms with E-state index in [0.29, 0.717) is 12.0 Å². The van der Waals surface area contributed by atoms with Crippen molar-refractivity contribution < 1.29 is 4.74 Å². The first kappa shape index (κ1) is 11.8. The fraction of sp³-hybridized carbons (Fsp3) is 0.333. The Kier molecular flexibility index (Phi) is 3.35. The lowest BCUT2D eigenvalue weighted by atomic mass is 10.0. The Balaban J connectivity index is 1.62. The van der Waals surface area contributed by atoms with Crippen molar-refractivity contribution in [1.29, 1.82) is 0 Å². The number of ether oxygens (including phenoxy) is 1. The van der Waals surface area contributed by atoms with E-state index in [1.165, 1.54) is 11.1 Å². The average molecular weight is 259 g/mol. The van der Waals surface area contributed by atoms with E-state index in [1.54, 1.807) is 11.3 Å². The largest absolute Gasteiger partial charge is 0.493 e. The Morgan fingerprint density at radius 2 is 2.28 bits per heavy atom. The van der Waals surface area contributed by atoms with Crippen LogP contribution in [0.2, 0.25) is 0 Å². The molecule has 1 N–H and O–H groups in total. The highest BCUT2D eigenvalue weighted by atomic mass is 32.1. The normalized spacial score (nSPS) is 19.3. The number of thiophene rings is 1. The molecule has 94 valence electrons. The predicted molar refractivity (Wildman–Crippen MR) is 75.4 cm³/mol. The quantitative estimate of drug-likeness (QED) is 0.906. The SMILES string of the molecule is CC(NCC1COc2ccccc21)c1ccsc1. The van der Waals surface area contributed by atoms with Crippen molar-refractivity contribution in [3.05, 3.63) is 52.2 Å². The Labute approximate surface area is 112 Å². The number of hydrogen-bond acceptors (Lipinski definition) is 3. The number of hydrogen-bond donors (Lipinski definition) is 1. The van der Waals surface area contributed by atoms with Crippen molar-refractivity contribution in [2.24, 2.45) is 0 Å². The summed E-state index contributed by atoms with van der Waals surface area (Å²) < 4.78 is 5.70. The van der Waals surface area contributed by atoms with Crippen LogP contribution in [0.3, 0.4) is 0 Å². The van der Waals surface area contributed by atoms with Crippen LogP contribution in [0.15, 0.2) is 41.1 Å². The second-order valence-electron chi connectivity index (χ2n) is 4.73. The molecule has 0 saturated heterocycles. The minimum absolute atomic E-state index is 0.406. The number of benzene rings is 1.